The van der Waals surface area contributed by atoms with E-state index in [-0.39, 0.29) is 12.1 Å². The molecule has 0 aromatic heterocycles. The average Bonchev–Trinajstić information content (AvgIpc) is 2.43. The number of urea groups is 1. The minimum absolute atomic E-state index is 0.143. The van der Waals surface area contributed by atoms with Crippen molar-refractivity contribution in [3.63, 3.8) is 0 Å². The summed E-state index contributed by atoms with van der Waals surface area (Å²) in [5.74, 6) is -0.955. The van der Waals surface area contributed by atoms with Gasteiger partial charge in [0.15, 0.2) is 0 Å². The van der Waals surface area contributed by atoms with Crippen molar-refractivity contribution in [1.82, 2.24) is 9.80 Å². The Balaban J connectivity index is 2.74. The lowest BCUT2D eigenvalue weighted by Crippen LogP contribution is -2.41. The van der Waals surface area contributed by atoms with Gasteiger partial charge < -0.3 is 14.9 Å². The number of likely N-dealkylation sites (N-methyl/N-ethyl adjacent to an activating group) is 1. The summed E-state index contributed by atoms with van der Waals surface area (Å²) in [7, 11) is 1.71. The average molecular weight is 200 g/mol. The number of amides is 2. The number of carbonyl (C=O) groups excluding carboxylic acids is 1. The number of hydrogen-bond acceptors (Lipinski definition) is 2. The molecule has 0 aromatic carbocycles. The van der Waals surface area contributed by atoms with Crippen LogP contribution in [-0.2, 0) is 4.79 Å². The molecule has 5 nitrogen and oxygen atoms in total. The second-order valence-electron chi connectivity index (χ2n) is 3.62. The maximum Gasteiger partial charge on any atom is 0.326 e. The van der Waals surface area contributed by atoms with Crippen molar-refractivity contribution in [3.05, 3.63) is 0 Å². The molecule has 2 atom stereocenters. The van der Waals surface area contributed by atoms with Gasteiger partial charge in [-0.2, -0.15) is 0 Å². The standard InChI is InChI=1S/C9H16N2O3/c1-4-7-5-11(6(2)8(12)13)9(14)10(7)3/h6-7H,4-5H2,1-3H3,(H,12,13). The van der Waals surface area contributed by atoms with E-state index in [4.69, 9.17) is 5.11 Å². The quantitative estimate of drug-likeness (QED) is 0.726. The first-order valence-corrected chi connectivity index (χ1v) is 4.75. The van der Waals surface area contributed by atoms with E-state index in [9.17, 15) is 9.59 Å². The van der Waals surface area contributed by atoms with Crippen LogP contribution in [0, 0.1) is 0 Å². The fourth-order valence-electron chi connectivity index (χ4n) is 1.65. The van der Waals surface area contributed by atoms with Crippen molar-refractivity contribution in [2.75, 3.05) is 13.6 Å². The highest BCUT2D eigenvalue weighted by Crippen LogP contribution is 2.18. The molecular weight excluding hydrogens is 184 g/mol. The molecule has 1 fully saturated rings. The van der Waals surface area contributed by atoms with Gasteiger partial charge in [0.2, 0.25) is 0 Å². The first-order valence-electron chi connectivity index (χ1n) is 4.75. The van der Waals surface area contributed by atoms with Crippen LogP contribution in [0.3, 0.4) is 0 Å². The van der Waals surface area contributed by atoms with Gasteiger partial charge in [-0.15, -0.1) is 0 Å². The number of rotatable bonds is 3. The van der Waals surface area contributed by atoms with Gasteiger partial charge in [-0.3, -0.25) is 0 Å². The lowest BCUT2D eigenvalue weighted by atomic mass is 10.2. The summed E-state index contributed by atoms with van der Waals surface area (Å²) in [6.07, 6.45) is 0.852. The number of hydrogen-bond donors (Lipinski definition) is 1. The SMILES string of the molecule is CCC1CN(C(C)C(=O)O)C(=O)N1C. The van der Waals surface area contributed by atoms with Crippen LogP contribution in [0.25, 0.3) is 0 Å². The molecule has 0 radical (unpaired) electrons. The van der Waals surface area contributed by atoms with Crippen molar-refractivity contribution < 1.29 is 14.7 Å². The van der Waals surface area contributed by atoms with Crippen LogP contribution < -0.4 is 0 Å². The van der Waals surface area contributed by atoms with Crippen molar-refractivity contribution >= 4 is 12.0 Å². The maximum atomic E-state index is 11.6. The van der Waals surface area contributed by atoms with E-state index in [1.54, 1.807) is 11.9 Å². The molecule has 14 heavy (non-hydrogen) atoms. The molecule has 80 valence electrons. The molecule has 2 amide bonds. The van der Waals surface area contributed by atoms with Gasteiger partial charge in [0.05, 0.1) is 6.04 Å². The molecule has 0 bridgehead atoms. The third kappa shape index (κ3) is 1.66. The topological polar surface area (TPSA) is 60.9 Å². The van der Waals surface area contributed by atoms with Crippen molar-refractivity contribution in [2.45, 2.75) is 32.4 Å². The second-order valence-corrected chi connectivity index (χ2v) is 3.62. The predicted molar refractivity (Wildman–Crippen MR) is 51.0 cm³/mol. The van der Waals surface area contributed by atoms with Crippen LogP contribution in [0.2, 0.25) is 0 Å². The van der Waals surface area contributed by atoms with Gasteiger partial charge in [0.25, 0.3) is 0 Å². The van der Waals surface area contributed by atoms with Crippen LogP contribution in [0.15, 0.2) is 0 Å². The van der Waals surface area contributed by atoms with Crippen LogP contribution in [0.5, 0.6) is 0 Å². The van der Waals surface area contributed by atoms with Gasteiger partial charge in [-0.05, 0) is 13.3 Å². The monoisotopic (exact) mass is 200 g/mol. The van der Waals surface area contributed by atoms with Gasteiger partial charge in [0.1, 0.15) is 6.04 Å². The minimum Gasteiger partial charge on any atom is -0.480 e. The van der Waals surface area contributed by atoms with Gasteiger partial charge >= 0.3 is 12.0 Å². The summed E-state index contributed by atoms with van der Waals surface area (Å²) < 4.78 is 0. The molecule has 1 N–H and O–H groups in total. The smallest absolute Gasteiger partial charge is 0.326 e. The Kier molecular flexibility index (Phi) is 2.98. The summed E-state index contributed by atoms with van der Waals surface area (Å²) in [5.41, 5.74) is 0. The summed E-state index contributed by atoms with van der Waals surface area (Å²) in [6.45, 7) is 4.04. The molecule has 1 heterocycles. The zero-order chi connectivity index (χ0) is 10.9. The molecule has 0 aliphatic carbocycles. The van der Waals surface area contributed by atoms with Crippen molar-refractivity contribution in [2.24, 2.45) is 0 Å². The lowest BCUT2D eigenvalue weighted by Gasteiger charge is -2.19. The lowest BCUT2D eigenvalue weighted by molar-refractivity contribution is -0.141. The zero-order valence-corrected chi connectivity index (χ0v) is 8.73. The summed E-state index contributed by atoms with van der Waals surface area (Å²) in [5, 5.41) is 8.79. The number of carboxylic acids is 1. The van der Waals surface area contributed by atoms with E-state index < -0.39 is 12.0 Å². The van der Waals surface area contributed by atoms with Gasteiger partial charge in [-0.1, -0.05) is 6.92 Å². The van der Waals surface area contributed by atoms with E-state index in [0.717, 1.165) is 6.42 Å². The Bertz CT molecular complexity index is 254. The van der Waals surface area contributed by atoms with Crippen molar-refractivity contribution in [3.8, 4) is 0 Å². The maximum absolute atomic E-state index is 11.6. The molecule has 1 saturated heterocycles. The summed E-state index contributed by atoms with van der Waals surface area (Å²) in [6, 6.07) is -0.780. The Morgan fingerprint density at radius 2 is 2.29 bits per heavy atom. The Labute approximate surface area is 83.3 Å². The van der Waals surface area contributed by atoms with E-state index in [1.165, 1.54) is 11.8 Å². The second kappa shape index (κ2) is 3.86. The highest BCUT2D eigenvalue weighted by molar-refractivity contribution is 5.83. The number of aliphatic carboxylic acids is 1. The van der Waals surface area contributed by atoms with Crippen molar-refractivity contribution in [1.29, 1.82) is 0 Å². The van der Waals surface area contributed by atoms with E-state index in [2.05, 4.69) is 0 Å². The van der Waals surface area contributed by atoms with Crippen LogP contribution >= 0.6 is 0 Å². The molecule has 1 rings (SSSR count). The first kappa shape index (κ1) is 10.8. The van der Waals surface area contributed by atoms with Gasteiger partial charge in [-0.25, -0.2) is 9.59 Å². The minimum atomic E-state index is -0.955. The molecular formula is C9H16N2O3. The van der Waals surface area contributed by atoms with Gasteiger partial charge in [0, 0.05) is 13.6 Å². The van der Waals surface area contributed by atoms with Crippen LogP contribution in [0.1, 0.15) is 20.3 Å². The molecule has 0 spiro atoms. The van der Waals surface area contributed by atoms with Crippen LogP contribution in [-0.4, -0.2) is 52.6 Å². The Morgan fingerprint density at radius 1 is 1.71 bits per heavy atom. The predicted octanol–water partition coefficient (Wildman–Crippen LogP) is 0.606. The molecule has 1 aliphatic rings. The van der Waals surface area contributed by atoms with Crippen LogP contribution in [0.4, 0.5) is 4.79 Å². The normalized spacial score (nSPS) is 24.2. The fourth-order valence-corrected chi connectivity index (χ4v) is 1.65. The summed E-state index contributed by atoms with van der Waals surface area (Å²) >= 11 is 0. The Hall–Kier alpha value is -1.26. The Morgan fingerprint density at radius 3 is 2.64 bits per heavy atom. The molecule has 0 aromatic rings. The molecule has 5 heteroatoms. The first-order chi connectivity index (χ1) is 6.49. The molecule has 2 unspecified atom stereocenters. The zero-order valence-electron chi connectivity index (χ0n) is 8.73. The van der Waals surface area contributed by atoms with E-state index >= 15 is 0 Å². The molecule has 1 aliphatic heterocycles. The van der Waals surface area contributed by atoms with E-state index in [0.29, 0.717) is 6.54 Å². The highest BCUT2D eigenvalue weighted by Gasteiger charge is 2.38. The fraction of sp³-hybridized carbons (Fsp3) is 0.778. The third-order valence-electron chi connectivity index (χ3n) is 2.80. The summed E-state index contributed by atoms with van der Waals surface area (Å²) in [4.78, 5) is 25.3. The number of carbonyl (C=O) groups is 2. The molecule has 0 saturated carbocycles. The van der Waals surface area contributed by atoms with E-state index in [1.807, 2.05) is 6.92 Å². The third-order valence-corrected chi connectivity index (χ3v) is 2.80. The highest BCUT2D eigenvalue weighted by atomic mass is 16.4. The largest absolute Gasteiger partial charge is 0.480 e. The number of carboxylic acid groups (broad SMARTS) is 1. The number of nitrogens with zero attached hydrogens (tertiary/aromatic N) is 2.